The highest BCUT2D eigenvalue weighted by Crippen LogP contribution is 2.30. The number of benzene rings is 1. The van der Waals surface area contributed by atoms with Crippen molar-refractivity contribution < 1.29 is 23.1 Å². The van der Waals surface area contributed by atoms with Gasteiger partial charge in [-0.15, -0.1) is 0 Å². The van der Waals surface area contributed by atoms with Crippen LogP contribution >= 0.6 is 0 Å². The fourth-order valence-electron chi connectivity index (χ4n) is 3.95. The number of primary amides is 1. The van der Waals surface area contributed by atoms with Crippen molar-refractivity contribution in [3.63, 3.8) is 0 Å². The first kappa shape index (κ1) is 20.4. The van der Waals surface area contributed by atoms with E-state index in [9.17, 15) is 23.1 Å². The van der Waals surface area contributed by atoms with E-state index in [0.29, 0.717) is 13.1 Å². The number of fused-ring (bicyclic) bond motifs is 2. The van der Waals surface area contributed by atoms with Crippen LogP contribution in [0, 0.1) is 0 Å². The average molecular weight is 418 g/mol. The molecule has 1 amide bonds. The van der Waals surface area contributed by atoms with E-state index in [-0.39, 0.29) is 23.5 Å². The number of aliphatic hydroxyl groups excluding tert-OH is 1. The maximum Gasteiger partial charge on any atom is 0.417 e. The van der Waals surface area contributed by atoms with Crippen molar-refractivity contribution in [3.8, 4) is 0 Å². The van der Waals surface area contributed by atoms with Crippen molar-refractivity contribution in [2.45, 2.75) is 31.7 Å². The second-order valence-corrected chi connectivity index (χ2v) is 7.53. The van der Waals surface area contributed by atoms with Crippen LogP contribution in [0.1, 0.15) is 32.9 Å². The first-order valence-corrected chi connectivity index (χ1v) is 9.57. The van der Waals surface area contributed by atoms with Gasteiger partial charge >= 0.3 is 6.18 Å². The number of pyridine rings is 1. The minimum atomic E-state index is -4.54. The number of carbonyl (C=O) groups is 1. The van der Waals surface area contributed by atoms with Gasteiger partial charge in [-0.05, 0) is 29.7 Å². The summed E-state index contributed by atoms with van der Waals surface area (Å²) in [6.07, 6.45) is -3.74. The maximum atomic E-state index is 13.1. The molecule has 2 aromatic heterocycles. The summed E-state index contributed by atoms with van der Waals surface area (Å²) in [6.45, 7) is 1.77. The Morgan fingerprint density at radius 3 is 2.63 bits per heavy atom. The summed E-state index contributed by atoms with van der Waals surface area (Å²) in [7, 11) is 0. The highest BCUT2D eigenvalue weighted by molar-refractivity contribution is 5.93. The van der Waals surface area contributed by atoms with Crippen LogP contribution in [0.15, 0.2) is 42.6 Å². The molecule has 6 nitrogen and oxygen atoms in total. The molecule has 1 atom stereocenters. The largest absolute Gasteiger partial charge is 0.417 e. The molecule has 30 heavy (non-hydrogen) atoms. The number of amides is 1. The Hall–Kier alpha value is -2.91. The zero-order valence-electron chi connectivity index (χ0n) is 16.1. The monoisotopic (exact) mass is 418 g/mol. The Balaban J connectivity index is 1.57. The first-order valence-electron chi connectivity index (χ1n) is 9.57. The molecular weight excluding hydrogens is 397 g/mol. The van der Waals surface area contributed by atoms with Crippen molar-refractivity contribution in [2.24, 2.45) is 5.73 Å². The van der Waals surface area contributed by atoms with E-state index < -0.39 is 23.8 Å². The lowest BCUT2D eigenvalue weighted by Crippen LogP contribution is -2.37. The molecule has 3 N–H and O–H groups in total. The smallest absolute Gasteiger partial charge is 0.391 e. The van der Waals surface area contributed by atoms with Gasteiger partial charge in [0.15, 0.2) is 0 Å². The molecule has 0 fully saturated rings. The van der Waals surface area contributed by atoms with Gasteiger partial charge in [-0.3, -0.25) is 9.69 Å². The van der Waals surface area contributed by atoms with Gasteiger partial charge in [0.1, 0.15) is 11.3 Å². The lowest BCUT2D eigenvalue weighted by atomic mass is 9.99. The molecule has 4 rings (SSSR count). The molecular formula is C21H21F3N4O2. The fraction of sp³-hybridized carbons (Fsp3) is 0.333. The summed E-state index contributed by atoms with van der Waals surface area (Å²) in [5.74, 6) is -0.846. The minimum absolute atomic E-state index is 0.0428. The molecule has 0 bridgehead atoms. The summed E-state index contributed by atoms with van der Waals surface area (Å²) < 4.78 is 40.6. The topological polar surface area (TPSA) is 83.9 Å². The molecule has 3 aromatic rings. The Labute approximate surface area is 170 Å². The molecule has 0 spiro atoms. The first-order chi connectivity index (χ1) is 14.2. The molecule has 0 radical (unpaired) electrons. The molecule has 0 saturated heterocycles. The lowest BCUT2D eigenvalue weighted by Gasteiger charge is -2.30. The van der Waals surface area contributed by atoms with Gasteiger partial charge in [-0.1, -0.05) is 24.3 Å². The zero-order valence-corrected chi connectivity index (χ0v) is 16.1. The van der Waals surface area contributed by atoms with Gasteiger partial charge < -0.3 is 15.2 Å². The summed E-state index contributed by atoms with van der Waals surface area (Å²) in [5.41, 5.74) is 7.21. The number of carbonyl (C=O) groups excluding carboxylic acids is 1. The van der Waals surface area contributed by atoms with E-state index in [1.54, 1.807) is 0 Å². The SMILES string of the molecule is NC(=O)c1nc2ccc(C(F)(F)F)cn2c1CC(O)CN1CCc2ccccc2C1. The molecule has 1 aromatic carbocycles. The summed E-state index contributed by atoms with van der Waals surface area (Å²) in [4.78, 5) is 18.0. The fourth-order valence-corrected chi connectivity index (χ4v) is 3.95. The number of nitrogens with zero attached hydrogens (tertiary/aromatic N) is 3. The van der Waals surface area contributed by atoms with Crippen LogP contribution in [0.25, 0.3) is 5.65 Å². The number of alkyl halides is 3. The van der Waals surface area contributed by atoms with Gasteiger partial charge in [0, 0.05) is 32.3 Å². The van der Waals surface area contributed by atoms with Crippen LogP contribution in [0.5, 0.6) is 0 Å². The summed E-state index contributed by atoms with van der Waals surface area (Å²) in [5, 5.41) is 10.7. The van der Waals surface area contributed by atoms with Gasteiger partial charge in [-0.2, -0.15) is 13.2 Å². The number of aromatic nitrogens is 2. The van der Waals surface area contributed by atoms with Crippen LogP contribution in [-0.2, 0) is 25.6 Å². The third-order valence-corrected chi connectivity index (χ3v) is 5.39. The van der Waals surface area contributed by atoms with Gasteiger partial charge in [0.2, 0.25) is 0 Å². The zero-order chi connectivity index (χ0) is 21.5. The quantitative estimate of drug-likeness (QED) is 0.667. The molecule has 1 unspecified atom stereocenters. The van der Waals surface area contributed by atoms with Crippen LogP contribution in [-0.4, -0.2) is 44.5 Å². The number of hydrogen-bond acceptors (Lipinski definition) is 4. The molecule has 3 heterocycles. The molecule has 1 aliphatic rings. The molecule has 158 valence electrons. The van der Waals surface area contributed by atoms with E-state index in [1.807, 2.05) is 18.2 Å². The number of nitrogens with two attached hydrogens (primary N) is 1. The number of rotatable bonds is 5. The van der Waals surface area contributed by atoms with Gasteiger partial charge in [0.25, 0.3) is 5.91 Å². The summed E-state index contributed by atoms with van der Waals surface area (Å²) >= 11 is 0. The Kier molecular flexibility index (Phi) is 5.25. The Morgan fingerprint density at radius 1 is 1.20 bits per heavy atom. The predicted octanol–water partition coefficient (Wildman–Crippen LogP) is 2.41. The average Bonchev–Trinajstić information content (AvgIpc) is 3.05. The normalized spacial score (nSPS) is 15.9. The van der Waals surface area contributed by atoms with E-state index in [2.05, 4.69) is 16.0 Å². The van der Waals surface area contributed by atoms with Crippen LogP contribution < -0.4 is 5.73 Å². The highest BCUT2D eigenvalue weighted by Gasteiger charge is 2.32. The van der Waals surface area contributed by atoms with E-state index >= 15 is 0 Å². The standard InChI is InChI=1S/C21H21F3N4O2/c22-21(23,24)15-5-6-18-26-19(20(25)30)17(28(18)11-15)9-16(29)12-27-8-7-13-3-1-2-4-14(13)10-27/h1-6,11,16,29H,7-10,12H2,(H2,25,30). The van der Waals surface area contributed by atoms with E-state index in [4.69, 9.17) is 5.73 Å². The van der Waals surface area contributed by atoms with Crippen molar-refractivity contribution in [3.05, 3.63) is 70.7 Å². The number of hydrogen-bond donors (Lipinski definition) is 2. The number of halogens is 3. The minimum Gasteiger partial charge on any atom is -0.391 e. The number of aliphatic hydroxyl groups is 1. The van der Waals surface area contributed by atoms with Crippen molar-refractivity contribution >= 4 is 11.6 Å². The summed E-state index contributed by atoms with van der Waals surface area (Å²) in [6, 6.07) is 10.2. The maximum absolute atomic E-state index is 13.1. The molecule has 0 saturated carbocycles. The third-order valence-electron chi connectivity index (χ3n) is 5.39. The van der Waals surface area contributed by atoms with Crippen molar-refractivity contribution in [1.29, 1.82) is 0 Å². The van der Waals surface area contributed by atoms with E-state index in [1.165, 1.54) is 21.6 Å². The Morgan fingerprint density at radius 2 is 1.93 bits per heavy atom. The molecule has 9 heteroatoms. The number of imidazole rings is 1. The van der Waals surface area contributed by atoms with Crippen molar-refractivity contribution in [2.75, 3.05) is 13.1 Å². The highest BCUT2D eigenvalue weighted by atomic mass is 19.4. The Bertz CT molecular complexity index is 1090. The van der Waals surface area contributed by atoms with Crippen molar-refractivity contribution in [1.82, 2.24) is 14.3 Å². The van der Waals surface area contributed by atoms with Gasteiger partial charge in [-0.25, -0.2) is 4.98 Å². The lowest BCUT2D eigenvalue weighted by molar-refractivity contribution is -0.137. The van der Waals surface area contributed by atoms with Crippen LogP contribution in [0.3, 0.4) is 0 Å². The van der Waals surface area contributed by atoms with Crippen LogP contribution in [0.2, 0.25) is 0 Å². The second-order valence-electron chi connectivity index (χ2n) is 7.53. The third kappa shape index (κ3) is 4.03. The van der Waals surface area contributed by atoms with Crippen LogP contribution in [0.4, 0.5) is 13.2 Å². The van der Waals surface area contributed by atoms with Gasteiger partial charge in [0.05, 0.1) is 17.4 Å². The molecule has 0 aliphatic carbocycles. The van der Waals surface area contributed by atoms with E-state index in [0.717, 1.165) is 25.2 Å². The predicted molar refractivity (Wildman–Crippen MR) is 104 cm³/mol. The second kappa shape index (κ2) is 7.73. The number of β-amino-alcohol motifs (C(OH)–C–C–N with tert-alkyl or cyclic N) is 1. The molecule has 1 aliphatic heterocycles.